The van der Waals surface area contributed by atoms with E-state index in [4.69, 9.17) is 5.73 Å². The van der Waals surface area contributed by atoms with Gasteiger partial charge in [-0.05, 0) is 38.1 Å². The topological polar surface area (TPSA) is 43.8 Å². The van der Waals surface area contributed by atoms with Crippen molar-refractivity contribution in [2.45, 2.75) is 13.8 Å². The summed E-state index contributed by atoms with van der Waals surface area (Å²) in [4.78, 5) is 0. The first-order chi connectivity index (χ1) is 9.63. The molecule has 0 fully saturated rings. The lowest BCUT2D eigenvalue weighted by Gasteiger charge is -2.03. The summed E-state index contributed by atoms with van der Waals surface area (Å²) in [6.07, 6.45) is 1.86. The molecule has 3 heteroatoms. The van der Waals surface area contributed by atoms with Gasteiger partial charge in [0.05, 0.1) is 17.6 Å². The highest BCUT2D eigenvalue weighted by atomic mass is 15.3. The number of hydrogen-bond donors (Lipinski definition) is 1. The van der Waals surface area contributed by atoms with Crippen molar-refractivity contribution in [2.75, 3.05) is 5.73 Å². The lowest BCUT2D eigenvalue weighted by molar-refractivity contribution is 0.884. The summed E-state index contributed by atoms with van der Waals surface area (Å²) < 4.78 is 1.82. The first kappa shape index (κ1) is 12.5. The molecule has 3 aromatic rings. The fourth-order valence-corrected chi connectivity index (χ4v) is 2.44. The van der Waals surface area contributed by atoms with Gasteiger partial charge in [0.2, 0.25) is 0 Å². The quantitative estimate of drug-likeness (QED) is 0.765. The predicted molar refractivity (Wildman–Crippen MR) is 82.9 cm³/mol. The van der Waals surface area contributed by atoms with Crippen LogP contribution in [0.3, 0.4) is 0 Å². The van der Waals surface area contributed by atoms with Crippen LogP contribution in [-0.4, -0.2) is 9.78 Å². The summed E-state index contributed by atoms with van der Waals surface area (Å²) in [7, 11) is 0. The highest BCUT2D eigenvalue weighted by Crippen LogP contribution is 2.27. The van der Waals surface area contributed by atoms with E-state index in [1.165, 1.54) is 11.1 Å². The van der Waals surface area contributed by atoms with E-state index in [0.29, 0.717) is 5.69 Å². The normalized spacial score (nSPS) is 10.7. The average Bonchev–Trinajstić information content (AvgIpc) is 2.81. The van der Waals surface area contributed by atoms with Gasteiger partial charge in [0.25, 0.3) is 0 Å². The zero-order valence-corrected chi connectivity index (χ0v) is 11.7. The zero-order chi connectivity index (χ0) is 14.1. The van der Waals surface area contributed by atoms with Crippen LogP contribution in [0.25, 0.3) is 16.9 Å². The minimum absolute atomic E-state index is 0.693. The van der Waals surface area contributed by atoms with Crippen LogP contribution in [0.1, 0.15) is 11.1 Å². The molecule has 0 spiro atoms. The second-order valence-electron chi connectivity index (χ2n) is 5.09. The number of nitrogens with two attached hydrogens (primary N) is 1. The number of anilines is 1. The molecule has 20 heavy (non-hydrogen) atoms. The number of aromatic nitrogens is 2. The molecule has 0 saturated heterocycles. The maximum Gasteiger partial charge on any atom is 0.116 e. The van der Waals surface area contributed by atoms with Crippen LogP contribution in [0.4, 0.5) is 5.69 Å². The average molecular weight is 263 g/mol. The van der Waals surface area contributed by atoms with Crippen LogP contribution in [0, 0.1) is 13.8 Å². The van der Waals surface area contributed by atoms with Gasteiger partial charge < -0.3 is 5.73 Å². The molecule has 0 amide bonds. The predicted octanol–water partition coefficient (Wildman–Crippen LogP) is 3.74. The molecule has 0 saturated carbocycles. The Bertz CT molecular complexity index is 722. The molecular weight excluding hydrogens is 246 g/mol. The molecule has 3 rings (SSSR count). The van der Waals surface area contributed by atoms with E-state index in [0.717, 1.165) is 16.9 Å². The first-order valence-corrected chi connectivity index (χ1v) is 6.63. The minimum Gasteiger partial charge on any atom is -0.396 e. The molecule has 0 radical (unpaired) electrons. The number of aryl methyl sites for hydroxylation is 2. The number of rotatable bonds is 2. The second-order valence-corrected chi connectivity index (χ2v) is 5.09. The van der Waals surface area contributed by atoms with Gasteiger partial charge in [-0.3, -0.25) is 0 Å². The monoisotopic (exact) mass is 263 g/mol. The van der Waals surface area contributed by atoms with Crippen LogP contribution in [0.5, 0.6) is 0 Å². The van der Waals surface area contributed by atoms with E-state index in [-0.39, 0.29) is 0 Å². The molecule has 2 aromatic carbocycles. The Morgan fingerprint density at radius 3 is 2.25 bits per heavy atom. The van der Waals surface area contributed by atoms with Crippen LogP contribution >= 0.6 is 0 Å². The Labute approximate surface area is 118 Å². The van der Waals surface area contributed by atoms with Crippen molar-refractivity contribution in [3.05, 3.63) is 65.9 Å². The summed E-state index contributed by atoms with van der Waals surface area (Å²) in [6, 6.07) is 16.4. The van der Waals surface area contributed by atoms with Crippen LogP contribution in [-0.2, 0) is 0 Å². The molecule has 1 heterocycles. The smallest absolute Gasteiger partial charge is 0.116 e. The first-order valence-electron chi connectivity index (χ1n) is 6.63. The fourth-order valence-electron chi connectivity index (χ4n) is 2.44. The number of benzene rings is 2. The van der Waals surface area contributed by atoms with Gasteiger partial charge in [-0.15, -0.1) is 0 Å². The van der Waals surface area contributed by atoms with Crippen molar-refractivity contribution in [2.24, 2.45) is 0 Å². The summed E-state index contributed by atoms with van der Waals surface area (Å²) in [5, 5.41) is 4.62. The molecule has 0 unspecified atom stereocenters. The second kappa shape index (κ2) is 4.85. The summed E-state index contributed by atoms with van der Waals surface area (Å²) in [6.45, 7) is 4.17. The van der Waals surface area contributed by atoms with E-state index >= 15 is 0 Å². The summed E-state index contributed by atoms with van der Waals surface area (Å²) in [5.74, 6) is 0. The van der Waals surface area contributed by atoms with Crippen molar-refractivity contribution in [1.29, 1.82) is 0 Å². The highest BCUT2D eigenvalue weighted by molar-refractivity contribution is 5.73. The SMILES string of the molecule is Cc1cc(C)cc(-c2nn(-c3ccccc3)cc2N)c1. The van der Waals surface area contributed by atoms with Crippen LogP contribution in [0.2, 0.25) is 0 Å². The maximum atomic E-state index is 6.13. The lowest BCUT2D eigenvalue weighted by Crippen LogP contribution is -1.94. The van der Waals surface area contributed by atoms with E-state index in [1.807, 2.05) is 41.2 Å². The number of hydrogen-bond acceptors (Lipinski definition) is 2. The lowest BCUT2D eigenvalue weighted by atomic mass is 10.0. The summed E-state index contributed by atoms with van der Waals surface area (Å²) in [5.41, 5.74) is 12.2. The molecular formula is C17H17N3. The van der Waals surface area contributed by atoms with E-state index < -0.39 is 0 Å². The number of nitrogen functional groups attached to an aromatic ring is 1. The van der Waals surface area contributed by atoms with Crippen molar-refractivity contribution >= 4 is 5.69 Å². The molecule has 0 aliphatic carbocycles. The minimum atomic E-state index is 0.693. The Hall–Kier alpha value is -2.55. The van der Waals surface area contributed by atoms with Gasteiger partial charge in [-0.2, -0.15) is 5.10 Å². The molecule has 2 N–H and O–H groups in total. The standard InChI is InChI=1S/C17H17N3/c1-12-8-13(2)10-14(9-12)17-16(18)11-20(19-17)15-6-4-3-5-7-15/h3-11H,18H2,1-2H3. The van der Waals surface area contributed by atoms with Gasteiger partial charge in [0.15, 0.2) is 0 Å². The third kappa shape index (κ3) is 2.30. The van der Waals surface area contributed by atoms with E-state index in [1.54, 1.807) is 0 Å². The summed E-state index contributed by atoms with van der Waals surface area (Å²) >= 11 is 0. The third-order valence-electron chi connectivity index (χ3n) is 3.26. The van der Waals surface area contributed by atoms with Crippen molar-refractivity contribution < 1.29 is 0 Å². The Morgan fingerprint density at radius 2 is 1.60 bits per heavy atom. The highest BCUT2D eigenvalue weighted by Gasteiger charge is 2.10. The van der Waals surface area contributed by atoms with E-state index in [9.17, 15) is 0 Å². The van der Waals surface area contributed by atoms with Gasteiger partial charge in [-0.25, -0.2) is 4.68 Å². The Balaban J connectivity index is 2.09. The fraction of sp³-hybridized carbons (Fsp3) is 0.118. The molecule has 100 valence electrons. The largest absolute Gasteiger partial charge is 0.396 e. The molecule has 3 nitrogen and oxygen atoms in total. The molecule has 0 aliphatic rings. The Kier molecular flexibility index (Phi) is 3.03. The van der Waals surface area contributed by atoms with Crippen LogP contribution in [0.15, 0.2) is 54.7 Å². The van der Waals surface area contributed by atoms with Gasteiger partial charge in [0, 0.05) is 5.56 Å². The van der Waals surface area contributed by atoms with Gasteiger partial charge >= 0.3 is 0 Å². The van der Waals surface area contributed by atoms with Crippen LogP contribution < -0.4 is 5.73 Å². The van der Waals surface area contributed by atoms with Gasteiger partial charge in [-0.1, -0.05) is 35.4 Å². The molecule has 0 aliphatic heterocycles. The van der Waals surface area contributed by atoms with Crippen molar-refractivity contribution in [1.82, 2.24) is 9.78 Å². The third-order valence-corrected chi connectivity index (χ3v) is 3.26. The molecule has 0 bridgehead atoms. The molecule has 0 atom stereocenters. The van der Waals surface area contributed by atoms with Gasteiger partial charge in [0.1, 0.15) is 5.69 Å². The van der Waals surface area contributed by atoms with Crippen molar-refractivity contribution in [3.63, 3.8) is 0 Å². The number of para-hydroxylation sites is 1. The maximum absolute atomic E-state index is 6.13. The van der Waals surface area contributed by atoms with Crippen molar-refractivity contribution in [3.8, 4) is 16.9 Å². The molecule has 1 aromatic heterocycles. The zero-order valence-electron chi connectivity index (χ0n) is 11.7. The Morgan fingerprint density at radius 1 is 0.950 bits per heavy atom. The number of nitrogens with zero attached hydrogens (tertiary/aromatic N) is 2. The van der Waals surface area contributed by atoms with E-state index in [2.05, 4.69) is 37.1 Å².